The zero-order valence-corrected chi connectivity index (χ0v) is 19.1. The van der Waals surface area contributed by atoms with E-state index in [0.29, 0.717) is 0 Å². The van der Waals surface area contributed by atoms with Crippen molar-refractivity contribution in [2.75, 3.05) is 32.8 Å². The summed E-state index contributed by atoms with van der Waals surface area (Å²) in [5.41, 5.74) is 0. The van der Waals surface area contributed by atoms with Gasteiger partial charge in [0.05, 0.1) is 37.4 Å². The Morgan fingerprint density at radius 3 is 2.21 bits per heavy atom. The predicted octanol–water partition coefficient (Wildman–Crippen LogP) is -3.46. The monoisotopic (exact) mass is 544 g/mol. The highest BCUT2D eigenvalue weighted by Gasteiger charge is 2.46. The third-order valence-electron chi connectivity index (χ3n) is 5.02. The Morgan fingerprint density at radius 1 is 1.06 bits per heavy atom. The Balaban J connectivity index is 2.38. The van der Waals surface area contributed by atoms with E-state index in [1.54, 1.807) is 4.72 Å². The van der Waals surface area contributed by atoms with Crippen molar-refractivity contribution in [3.05, 3.63) is 0 Å². The number of ether oxygens (including phenoxy) is 1. The number of carboxylic acid groups (broad SMARTS) is 1. The number of carbonyl (C=O) groups is 1. The van der Waals surface area contributed by atoms with E-state index in [2.05, 4.69) is 8.37 Å². The summed E-state index contributed by atoms with van der Waals surface area (Å²) < 4.78 is 110. The Kier molecular flexibility index (Phi) is 9.14. The SMILES string of the molecule is O=C(O)C1C[C@@H](O)CN(C[C@@H]2C(COS(=O)(=O)O)OCC(NS(=O)(=O)O)[C@@H]2OS(=O)(=O)O)C1. The second kappa shape index (κ2) is 10.7. The number of nitrogens with one attached hydrogen (secondary N) is 1. The maximum Gasteiger partial charge on any atom is 0.397 e. The third kappa shape index (κ3) is 9.62. The van der Waals surface area contributed by atoms with Crippen molar-refractivity contribution in [2.24, 2.45) is 11.8 Å². The summed E-state index contributed by atoms with van der Waals surface area (Å²) in [6.07, 6.45) is -4.36. The summed E-state index contributed by atoms with van der Waals surface area (Å²) in [6.45, 7) is -2.17. The van der Waals surface area contributed by atoms with Crippen molar-refractivity contribution in [1.29, 1.82) is 0 Å². The van der Waals surface area contributed by atoms with Crippen LogP contribution in [0, 0.1) is 11.8 Å². The minimum absolute atomic E-state index is 0.0693. The van der Waals surface area contributed by atoms with Gasteiger partial charge in [-0.2, -0.15) is 30.0 Å². The maximum absolute atomic E-state index is 11.4. The molecule has 2 heterocycles. The first kappa shape index (κ1) is 28.2. The summed E-state index contributed by atoms with van der Waals surface area (Å²) in [6, 6.07) is -1.61. The lowest BCUT2D eigenvalue weighted by atomic mass is 9.87. The highest BCUT2D eigenvalue weighted by atomic mass is 32.3. The van der Waals surface area contributed by atoms with Gasteiger partial charge in [-0.1, -0.05) is 0 Å². The van der Waals surface area contributed by atoms with Crippen LogP contribution in [0.25, 0.3) is 0 Å². The molecule has 0 spiro atoms. The molecular formula is C13H24N2O15S3. The molecule has 0 aliphatic carbocycles. The number of hydrogen-bond donors (Lipinski definition) is 6. The van der Waals surface area contributed by atoms with Crippen molar-refractivity contribution in [3.63, 3.8) is 0 Å². The number of aliphatic hydroxyl groups is 1. The second-order valence-corrected chi connectivity index (χ2v) is 10.9. The molecule has 2 aliphatic heterocycles. The van der Waals surface area contributed by atoms with Crippen LogP contribution in [0.5, 0.6) is 0 Å². The molecule has 6 N–H and O–H groups in total. The van der Waals surface area contributed by atoms with Crippen LogP contribution in [0.4, 0.5) is 0 Å². The van der Waals surface area contributed by atoms with Gasteiger partial charge in [0.25, 0.3) is 0 Å². The van der Waals surface area contributed by atoms with Crippen LogP contribution in [0.2, 0.25) is 0 Å². The molecule has 2 aliphatic rings. The predicted molar refractivity (Wildman–Crippen MR) is 104 cm³/mol. The fourth-order valence-electron chi connectivity index (χ4n) is 3.86. The first-order chi connectivity index (χ1) is 14.9. The van der Waals surface area contributed by atoms with Crippen molar-refractivity contribution < 1.29 is 67.0 Å². The minimum Gasteiger partial charge on any atom is -0.481 e. The number of nitrogens with zero attached hydrogens (tertiary/aromatic N) is 1. The normalized spacial score (nSPS) is 32.5. The van der Waals surface area contributed by atoms with Gasteiger partial charge < -0.3 is 14.9 Å². The first-order valence-electron chi connectivity index (χ1n) is 9.20. The molecule has 3 unspecified atom stereocenters. The molecule has 0 aromatic carbocycles. The number of aliphatic hydroxyl groups excluding tert-OH is 1. The quantitative estimate of drug-likeness (QED) is 0.146. The summed E-state index contributed by atoms with van der Waals surface area (Å²) >= 11 is 0. The van der Waals surface area contributed by atoms with Gasteiger partial charge in [0, 0.05) is 25.6 Å². The minimum atomic E-state index is -5.23. The molecule has 0 radical (unpaired) electrons. The molecular weight excluding hydrogens is 520 g/mol. The summed E-state index contributed by atoms with van der Waals surface area (Å²) in [5.74, 6) is -3.58. The highest BCUT2D eigenvalue weighted by molar-refractivity contribution is 7.83. The van der Waals surface area contributed by atoms with Crippen molar-refractivity contribution in [1.82, 2.24) is 9.62 Å². The van der Waals surface area contributed by atoms with Crippen LogP contribution in [-0.4, -0.2) is 117 Å². The van der Waals surface area contributed by atoms with Crippen LogP contribution in [-0.2, 0) is 49.0 Å². The zero-order valence-electron chi connectivity index (χ0n) is 16.7. The van der Waals surface area contributed by atoms with Gasteiger partial charge in [0.15, 0.2) is 0 Å². The molecule has 2 rings (SSSR count). The average Bonchev–Trinajstić information content (AvgIpc) is 2.60. The molecule has 33 heavy (non-hydrogen) atoms. The molecule has 2 fully saturated rings. The molecule has 0 aromatic heterocycles. The molecule has 17 nitrogen and oxygen atoms in total. The summed E-state index contributed by atoms with van der Waals surface area (Å²) in [7, 11) is -15.1. The highest BCUT2D eigenvalue weighted by Crippen LogP contribution is 2.29. The van der Waals surface area contributed by atoms with Crippen molar-refractivity contribution >= 4 is 37.1 Å². The van der Waals surface area contributed by atoms with Gasteiger partial charge in [0.1, 0.15) is 6.10 Å². The number of rotatable bonds is 10. The number of hydrogen-bond acceptors (Lipinski definition) is 12. The number of carboxylic acids is 1. The third-order valence-corrected chi connectivity index (χ3v) is 6.52. The Bertz CT molecular complexity index is 1010. The Labute approximate surface area is 189 Å². The molecule has 20 heteroatoms. The molecule has 0 bridgehead atoms. The van der Waals surface area contributed by atoms with Gasteiger partial charge in [-0.25, -0.2) is 8.37 Å². The lowest BCUT2D eigenvalue weighted by molar-refractivity contribution is -0.147. The van der Waals surface area contributed by atoms with Gasteiger partial charge in [0.2, 0.25) is 0 Å². The van der Waals surface area contributed by atoms with Gasteiger partial charge in [-0.15, -0.1) is 0 Å². The van der Waals surface area contributed by atoms with Crippen LogP contribution in [0.1, 0.15) is 6.42 Å². The van der Waals surface area contributed by atoms with E-state index in [0.717, 1.165) is 0 Å². The smallest absolute Gasteiger partial charge is 0.397 e. The molecule has 6 atom stereocenters. The molecule has 0 amide bonds. The number of β-amino-alcohol motifs (C(OH)–C–C–N with tert-alkyl or cyclic N) is 1. The van der Waals surface area contributed by atoms with Gasteiger partial charge in [-0.3, -0.25) is 23.4 Å². The van der Waals surface area contributed by atoms with E-state index in [-0.39, 0.29) is 26.1 Å². The van der Waals surface area contributed by atoms with Crippen LogP contribution >= 0.6 is 0 Å². The van der Waals surface area contributed by atoms with Crippen LogP contribution < -0.4 is 4.72 Å². The Morgan fingerprint density at radius 2 is 1.70 bits per heavy atom. The van der Waals surface area contributed by atoms with Crippen LogP contribution in [0.3, 0.4) is 0 Å². The number of aliphatic carboxylic acids is 1. The van der Waals surface area contributed by atoms with Gasteiger partial charge in [-0.05, 0) is 6.42 Å². The zero-order chi connectivity index (χ0) is 25.2. The van der Waals surface area contributed by atoms with Crippen molar-refractivity contribution in [3.8, 4) is 0 Å². The molecule has 0 aromatic rings. The van der Waals surface area contributed by atoms with Gasteiger partial charge >= 0.3 is 37.1 Å². The fourth-order valence-corrected chi connectivity index (χ4v) is 5.31. The average molecular weight is 545 g/mol. The number of likely N-dealkylation sites (tertiary alicyclic amines) is 1. The molecule has 194 valence electrons. The first-order valence-corrected chi connectivity index (χ1v) is 13.4. The topological polar surface area (TPSA) is 264 Å². The van der Waals surface area contributed by atoms with E-state index >= 15 is 0 Å². The summed E-state index contributed by atoms with van der Waals surface area (Å²) in [5, 5.41) is 19.3. The van der Waals surface area contributed by atoms with E-state index in [1.165, 1.54) is 4.90 Å². The lowest BCUT2D eigenvalue weighted by Gasteiger charge is -2.44. The lowest BCUT2D eigenvalue weighted by Crippen LogP contribution is -2.62. The molecule has 2 saturated heterocycles. The van der Waals surface area contributed by atoms with E-state index in [9.17, 15) is 44.8 Å². The standard InChI is InChI=1S/C13H24N2O15S3/c16-8-1-7(13(17)18)2-15(3-8)4-9-11(6-29-32(22,23)24)28-5-10(14-31(19,20)21)12(9)30-33(25,26)27/h7-12,14,16H,1-6H2,(H,17,18)(H,19,20,21)(H,22,23,24)(H,25,26,27)/t7?,8-,9-,10?,11?,12-/m1/s1. The van der Waals surface area contributed by atoms with Crippen molar-refractivity contribution in [2.45, 2.75) is 30.8 Å². The second-order valence-electron chi connectivity index (χ2n) is 7.58. The van der Waals surface area contributed by atoms with E-state index in [1.807, 2.05) is 0 Å². The van der Waals surface area contributed by atoms with Crippen LogP contribution in [0.15, 0.2) is 0 Å². The maximum atomic E-state index is 11.4. The van der Waals surface area contributed by atoms with E-state index < -0.39 is 86.5 Å². The largest absolute Gasteiger partial charge is 0.481 e. The summed E-state index contributed by atoms with van der Waals surface area (Å²) in [4.78, 5) is 12.7. The Hall–Kier alpha value is -1.04. The number of piperidine rings is 1. The molecule has 0 saturated carbocycles. The van der Waals surface area contributed by atoms with E-state index in [4.69, 9.17) is 13.8 Å². The fraction of sp³-hybridized carbons (Fsp3) is 0.923.